The molecule has 0 radical (unpaired) electrons. The van der Waals surface area contributed by atoms with Crippen LogP contribution in [0.4, 0.5) is 13.2 Å². The normalized spacial score (nSPS) is 30.1. The Morgan fingerprint density at radius 3 is 2.43 bits per heavy atom. The molecule has 134 valence electrons. The number of piperidine rings is 1. The van der Waals surface area contributed by atoms with Gasteiger partial charge in [0.2, 0.25) is 0 Å². The molecule has 23 heavy (non-hydrogen) atoms. The van der Waals surface area contributed by atoms with Gasteiger partial charge < -0.3 is 14.7 Å². The maximum atomic E-state index is 12.8. The summed E-state index contributed by atoms with van der Waals surface area (Å²) in [6.07, 6.45) is -2.11. The minimum Gasteiger partial charge on any atom is -0.380 e. The van der Waals surface area contributed by atoms with E-state index in [1.54, 1.807) is 6.92 Å². The highest BCUT2D eigenvalue weighted by Gasteiger charge is 2.55. The largest absolute Gasteiger partial charge is 0.417 e. The highest BCUT2D eigenvalue weighted by molar-refractivity contribution is 5.80. The lowest BCUT2D eigenvalue weighted by Gasteiger charge is -2.40. The summed E-state index contributed by atoms with van der Waals surface area (Å²) >= 11 is 0. The van der Waals surface area contributed by atoms with Crippen molar-refractivity contribution in [2.24, 2.45) is 5.92 Å². The zero-order chi connectivity index (χ0) is 17.3. The second-order valence-electron chi connectivity index (χ2n) is 7.03. The van der Waals surface area contributed by atoms with Crippen LogP contribution in [-0.2, 0) is 9.53 Å². The van der Waals surface area contributed by atoms with Crippen molar-refractivity contribution in [3.05, 3.63) is 0 Å². The molecule has 1 saturated carbocycles. The number of hydrogen-bond acceptors (Lipinski definition) is 3. The van der Waals surface area contributed by atoms with Gasteiger partial charge in [-0.25, -0.2) is 0 Å². The van der Waals surface area contributed by atoms with E-state index in [-0.39, 0.29) is 25.1 Å². The van der Waals surface area contributed by atoms with Crippen LogP contribution in [0.15, 0.2) is 0 Å². The fraction of sp³-hybridized carbons (Fsp3) is 0.938. The van der Waals surface area contributed by atoms with Crippen molar-refractivity contribution in [3.63, 3.8) is 0 Å². The van der Waals surface area contributed by atoms with E-state index in [4.69, 9.17) is 4.74 Å². The van der Waals surface area contributed by atoms with Crippen molar-refractivity contribution >= 4 is 5.91 Å². The number of hydrogen-bond donors (Lipinski definition) is 1. The van der Waals surface area contributed by atoms with Crippen molar-refractivity contribution < 1.29 is 27.8 Å². The first-order valence-corrected chi connectivity index (χ1v) is 8.36. The summed E-state index contributed by atoms with van der Waals surface area (Å²) in [6, 6.07) is 0. The average Bonchev–Trinajstić information content (AvgIpc) is 2.46. The Morgan fingerprint density at radius 1 is 1.30 bits per heavy atom. The number of rotatable bonds is 3. The Balaban J connectivity index is 1.84. The van der Waals surface area contributed by atoms with E-state index in [0.29, 0.717) is 5.92 Å². The van der Waals surface area contributed by atoms with Gasteiger partial charge in [-0.05, 0) is 25.7 Å². The van der Waals surface area contributed by atoms with Crippen LogP contribution in [0.3, 0.4) is 0 Å². The van der Waals surface area contributed by atoms with Crippen LogP contribution in [0.5, 0.6) is 0 Å². The summed E-state index contributed by atoms with van der Waals surface area (Å²) < 4.78 is 44.2. The van der Waals surface area contributed by atoms with Gasteiger partial charge in [0.1, 0.15) is 6.10 Å². The van der Waals surface area contributed by atoms with E-state index < -0.39 is 30.7 Å². The number of amides is 1. The minimum atomic E-state index is -4.65. The molecule has 0 spiro atoms. The van der Waals surface area contributed by atoms with Crippen LogP contribution in [0.2, 0.25) is 0 Å². The van der Waals surface area contributed by atoms with Gasteiger partial charge in [0, 0.05) is 25.9 Å². The molecule has 0 bridgehead atoms. The molecular weight excluding hydrogens is 311 g/mol. The second-order valence-corrected chi connectivity index (χ2v) is 7.03. The van der Waals surface area contributed by atoms with Gasteiger partial charge in [0.25, 0.3) is 5.91 Å². The quantitative estimate of drug-likeness (QED) is 0.861. The van der Waals surface area contributed by atoms with Gasteiger partial charge in [-0.1, -0.05) is 19.8 Å². The van der Waals surface area contributed by atoms with E-state index in [1.165, 1.54) is 11.3 Å². The molecule has 1 aliphatic carbocycles. The number of carbonyl (C=O) groups excluding carboxylic acids is 1. The van der Waals surface area contributed by atoms with Gasteiger partial charge >= 0.3 is 6.18 Å². The maximum Gasteiger partial charge on any atom is 0.417 e. The number of carbonyl (C=O) groups is 1. The maximum absolute atomic E-state index is 12.8. The van der Waals surface area contributed by atoms with E-state index in [2.05, 4.69) is 6.92 Å². The fourth-order valence-electron chi connectivity index (χ4n) is 3.49. The first kappa shape index (κ1) is 18.5. The SMILES string of the molecule is CC1CCCC(OC(C)C(=O)N2CCC(O)(C(F)(F)F)CC2)C1. The minimum absolute atomic E-state index is 0.0506. The van der Waals surface area contributed by atoms with E-state index in [0.717, 1.165) is 19.3 Å². The Labute approximate surface area is 135 Å². The van der Waals surface area contributed by atoms with Crippen LogP contribution >= 0.6 is 0 Å². The molecular formula is C16H26F3NO3. The van der Waals surface area contributed by atoms with Crippen LogP contribution in [0, 0.1) is 5.92 Å². The number of halogens is 3. The molecule has 7 heteroatoms. The monoisotopic (exact) mass is 337 g/mol. The molecule has 1 saturated heterocycles. The molecule has 2 aliphatic rings. The van der Waals surface area contributed by atoms with Gasteiger partial charge in [-0.15, -0.1) is 0 Å². The lowest BCUT2D eigenvalue weighted by molar-refractivity contribution is -0.272. The van der Waals surface area contributed by atoms with Gasteiger partial charge in [0.05, 0.1) is 6.10 Å². The van der Waals surface area contributed by atoms with E-state index >= 15 is 0 Å². The van der Waals surface area contributed by atoms with Crippen molar-refractivity contribution in [1.82, 2.24) is 4.90 Å². The summed E-state index contributed by atoms with van der Waals surface area (Å²) in [5, 5.41) is 9.64. The molecule has 1 aliphatic heterocycles. The number of aliphatic hydroxyl groups is 1. The zero-order valence-electron chi connectivity index (χ0n) is 13.7. The third-order valence-corrected chi connectivity index (χ3v) is 5.06. The molecule has 1 amide bonds. The van der Waals surface area contributed by atoms with Crippen LogP contribution < -0.4 is 0 Å². The molecule has 0 aromatic rings. The fourth-order valence-corrected chi connectivity index (χ4v) is 3.49. The van der Waals surface area contributed by atoms with Crippen molar-refractivity contribution in [3.8, 4) is 0 Å². The topological polar surface area (TPSA) is 49.8 Å². The third kappa shape index (κ3) is 4.38. The van der Waals surface area contributed by atoms with Gasteiger partial charge in [-0.3, -0.25) is 4.79 Å². The molecule has 1 heterocycles. The molecule has 2 rings (SSSR count). The van der Waals surface area contributed by atoms with Crippen molar-refractivity contribution in [2.45, 2.75) is 76.4 Å². The summed E-state index contributed by atoms with van der Waals surface area (Å²) in [7, 11) is 0. The Hall–Kier alpha value is -0.820. The zero-order valence-corrected chi connectivity index (χ0v) is 13.7. The second kappa shape index (κ2) is 6.97. The summed E-state index contributed by atoms with van der Waals surface area (Å²) in [6.45, 7) is 3.63. The molecule has 3 atom stereocenters. The summed E-state index contributed by atoms with van der Waals surface area (Å²) in [5.74, 6) is 0.292. The first-order valence-electron chi connectivity index (χ1n) is 8.36. The van der Waals surface area contributed by atoms with Crippen LogP contribution in [-0.4, -0.2) is 53.0 Å². The van der Waals surface area contributed by atoms with Crippen molar-refractivity contribution in [1.29, 1.82) is 0 Å². The molecule has 2 fully saturated rings. The number of alkyl halides is 3. The Morgan fingerprint density at radius 2 is 1.91 bits per heavy atom. The average molecular weight is 337 g/mol. The lowest BCUT2D eigenvalue weighted by atomic mass is 9.88. The molecule has 3 unspecified atom stereocenters. The Kier molecular flexibility index (Phi) is 5.61. The van der Waals surface area contributed by atoms with Crippen molar-refractivity contribution in [2.75, 3.05) is 13.1 Å². The van der Waals surface area contributed by atoms with Gasteiger partial charge in [-0.2, -0.15) is 13.2 Å². The highest BCUT2D eigenvalue weighted by Crippen LogP contribution is 2.38. The van der Waals surface area contributed by atoms with E-state index in [9.17, 15) is 23.1 Å². The molecule has 1 N–H and O–H groups in total. The number of nitrogens with zero attached hydrogens (tertiary/aromatic N) is 1. The third-order valence-electron chi connectivity index (χ3n) is 5.06. The Bertz CT molecular complexity index is 419. The first-order chi connectivity index (χ1) is 10.6. The summed E-state index contributed by atoms with van der Waals surface area (Å²) in [4.78, 5) is 13.7. The standard InChI is InChI=1S/C16H26F3NO3/c1-11-4-3-5-13(10-11)23-12(2)14(21)20-8-6-15(22,7-9-20)16(17,18)19/h11-13,22H,3-10H2,1-2H3. The van der Waals surface area contributed by atoms with Crippen LogP contribution in [0.25, 0.3) is 0 Å². The molecule has 4 nitrogen and oxygen atoms in total. The predicted molar refractivity (Wildman–Crippen MR) is 78.8 cm³/mol. The predicted octanol–water partition coefficient (Wildman–Crippen LogP) is 2.89. The van der Waals surface area contributed by atoms with Crippen LogP contribution in [0.1, 0.15) is 52.4 Å². The van der Waals surface area contributed by atoms with E-state index in [1.807, 2.05) is 0 Å². The lowest BCUT2D eigenvalue weighted by Crippen LogP contribution is -2.55. The summed E-state index contributed by atoms with van der Waals surface area (Å²) in [5.41, 5.74) is -2.67. The number of ether oxygens (including phenoxy) is 1. The van der Waals surface area contributed by atoms with Gasteiger partial charge in [0.15, 0.2) is 5.60 Å². The highest BCUT2D eigenvalue weighted by atomic mass is 19.4. The molecule has 0 aromatic carbocycles. The molecule has 0 aromatic heterocycles. The smallest absolute Gasteiger partial charge is 0.380 e. The number of likely N-dealkylation sites (tertiary alicyclic amines) is 1.